The highest BCUT2D eigenvalue weighted by molar-refractivity contribution is 5.82. The molecule has 0 N–H and O–H groups in total. The predicted molar refractivity (Wildman–Crippen MR) is 78.0 cm³/mol. The number of nitrogens with zero attached hydrogens (tertiary/aromatic N) is 1. The van der Waals surface area contributed by atoms with Gasteiger partial charge in [-0.3, -0.25) is 4.90 Å². The van der Waals surface area contributed by atoms with Gasteiger partial charge in [-0.25, -0.2) is 9.59 Å². The quantitative estimate of drug-likeness (QED) is 0.733. The van der Waals surface area contributed by atoms with Gasteiger partial charge in [-0.2, -0.15) is 0 Å². The van der Waals surface area contributed by atoms with E-state index in [0.717, 1.165) is 0 Å². The SMILES string of the molecule is COC(=O)[C@@H]1C[C@@H](OC(C)(C)C)CN1C(=O)OC(C)(C)C. The summed E-state index contributed by atoms with van der Waals surface area (Å²) in [6.07, 6.45) is -0.303. The maximum atomic E-state index is 12.2. The minimum Gasteiger partial charge on any atom is -0.467 e. The van der Waals surface area contributed by atoms with E-state index in [-0.39, 0.29) is 11.7 Å². The fraction of sp³-hybridized carbons (Fsp3) is 0.867. The monoisotopic (exact) mass is 301 g/mol. The minimum atomic E-state index is -0.655. The fourth-order valence-electron chi connectivity index (χ4n) is 2.26. The van der Waals surface area contributed by atoms with Gasteiger partial charge in [0.25, 0.3) is 0 Å². The molecule has 0 bridgehead atoms. The first-order valence-corrected chi connectivity index (χ1v) is 7.18. The molecule has 0 aromatic heterocycles. The number of hydrogen-bond donors (Lipinski definition) is 0. The normalized spacial score (nSPS) is 23.1. The highest BCUT2D eigenvalue weighted by Crippen LogP contribution is 2.27. The van der Waals surface area contributed by atoms with Crippen LogP contribution in [0.5, 0.6) is 0 Å². The van der Waals surface area contributed by atoms with Crippen LogP contribution in [-0.4, -0.2) is 54.0 Å². The Morgan fingerprint density at radius 1 is 1.05 bits per heavy atom. The molecule has 2 atom stereocenters. The molecule has 1 heterocycles. The third-order valence-electron chi connectivity index (χ3n) is 2.88. The van der Waals surface area contributed by atoms with Gasteiger partial charge in [0.2, 0.25) is 0 Å². The molecule has 0 radical (unpaired) electrons. The molecular weight excluding hydrogens is 274 g/mol. The number of methoxy groups -OCH3 is 1. The third kappa shape index (κ3) is 5.53. The van der Waals surface area contributed by atoms with Gasteiger partial charge in [0, 0.05) is 6.42 Å². The summed E-state index contributed by atoms with van der Waals surface area (Å²) < 4.78 is 16.0. The number of hydrogen-bond acceptors (Lipinski definition) is 5. The number of carbonyl (C=O) groups is 2. The topological polar surface area (TPSA) is 65.1 Å². The van der Waals surface area contributed by atoms with Crippen LogP contribution in [0.25, 0.3) is 0 Å². The standard InChI is InChI=1S/C15H27NO5/c1-14(2,3)20-10-8-11(12(17)19-7)16(9-10)13(18)21-15(4,5)6/h10-11H,8-9H2,1-7H3/t10-,11+/m1/s1. The van der Waals surface area contributed by atoms with Gasteiger partial charge in [-0.1, -0.05) is 0 Å². The Hall–Kier alpha value is -1.30. The van der Waals surface area contributed by atoms with Crippen LogP contribution in [0.3, 0.4) is 0 Å². The molecule has 1 aliphatic heterocycles. The lowest BCUT2D eigenvalue weighted by molar-refractivity contribution is -0.145. The van der Waals surface area contributed by atoms with Crippen molar-refractivity contribution in [3.63, 3.8) is 0 Å². The first-order valence-electron chi connectivity index (χ1n) is 7.18. The van der Waals surface area contributed by atoms with Gasteiger partial charge in [0.15, 0.2) is 0 Å². The summed E-state index contributed by atoms with van der Waals surface area (Å²) in [5.74, 6) is -0.444. The Labute approximate surface area is 126 Å². The Morgan fingerprint density at radius 2 is 1.62 bits per heavy atom. The molecule has 6 nitrogen and oxygen atoms in total. The van der Waals surface area contributed by atoms with E-state index < -0.39 is 23.7 Å². The van der Waals surface area contributed by atoms with Crippen molar-refractivity contribution < 1.29 is 23.8 Å². The second-order valence-corrected chi connectivity index (χ2v) is 7.26. The molecule has 0 unspecified atom stereocenters. The molecule has 21 heavy (non-hydrogen) atoms. The van der Waals surface area contributed by atoms with E-state index in [1.54, 1.807) is 20.8 Å². The van der Waals surface area contributed by atoms with Crippen molar-refractivity contribution in [2.24, 2.45) is 0 Å². The van der Waals surface area contributed by atoms with Crippen LogP contribution < -0.4 is 0 Å². The Kier molecular flexibility index (Phi) is 5.25. The van der Waals surface area contributed by atoms with Gasteiger partial charge >= 0.3 is 12.1 Å². The van der Waals surface area contributed by atoms with Gasteiger partial charge in [-0.05, 0) is 41.5 Å². The molecule has 1 aliphatic rings. The highest BCUT2D eigenvalue weighted by atomic mass is 16.6. The molecule has 122 valence electrons. The lowest BCUT2D eigenvalue weighted by atomic mass is 10.1. The van der Waals surface area contributed by atoms with E-state index in [2.05, 4.69) is 0 Å². The molecule has 1 fully saturated rings. The van der Waals surface area contributed by atoms with Crippen LogP contribution in [0.15, 0.2) is 0 Å². The number of amides is 1. The zero-order valence-corrected chi connectivity index (χ0v) is 14.1. The van der Waals surface area contributed by atoms with Crippen LogP contribution in [0.1, 0.15) is 48.0 Å². The van der Waals surface area contributed by atoms with Gasteiger partial charge in [0.05, 0.1) is 25.4 Å². The smallest absolute Gasteiger partial charge is 0.411 e. The van der Waals surface area contributed by atoms with Crippen molar-refractivity contribution >= 4 is 12.1 Å². The summed E-state index contributed by atoms with van der Waals surface area (Å²) >= 11 is 0. The number of rotatable bonds is 2. The second-order valence-electron chi connectivity index (χ2n) is 7.26. The first kappa shape index (κ1) is 17.8. The molecule has 0 aliphatic carbocycles. The Morgan fingerprint density at radius 3 is 2.05 bits per heavy atom. The number of carbonyl (C=O) groups excluding carboxylic acids is 2. The number of ether oxygens (including phenoxy) is 3. The molecular formula is C15H27NO5. The van der Waals surface area contributed by atoms with Crippen molar-refractivity contribution in [3.05, 3.63) is 0 Å². The third-order valence-corrected chi connectivity index (χ3v) is 2.88. The van der Waals surface area contributed by atoms with E-state index in [9.17, 15) is 9.59 Å². The highest BCUT2D eigenvalue weighted by Gasteiger charge is 2.43. The summed E-state index contributed by atoms with van der Waals surface area (Å²) in [6.45, 7) is 11.5. The van der Waals surface area contributed by atoms with Gasteiger partial charge < -0.3 is 14.2 Å². The molecule has 0 aromatic rings. The van der Waals surface area contributed by atoms with Crippen molar-refractivity contribution in [2.75, 3.05) is 13.7 Å². The van der Waals surface area contributed by atoms with Crippen molar-refractivity contribution in [3.8, 4) is 0 Å². The van der Waals surface area contributed by atoms with E-state index in [1.165, 1.54) is 12.0 Å². The molecule has 1 saturated heterocycles. The molecule has 1 amide bonds. The van der Waals surface area contributed by atoms with Gasteiger partial charge in [-0.15, -0.1) is 0 Å². The molecule has 1 rings (SSSR count). The van der Waals surface area contributed by atoms with Crippen molar-refractivity contribution in [2.45, 2.75) is 71.3 Å². The number of esters is 1. The van der Waals surface area contributed by atoms with Crippen LogP contribution in [0.2, 0.25) is 0 Å². The average molecular weight is 301 g/mol. The van der Waals surface area contributed by atoms with Crippen LogP contribution in [0, 0.1) is 0 Å². The maximum absolute atomic E-state index is 12.2. The Bertz CT molecular complexity index is 394. The summed E-state index contributed by atoms with van der Waals surface area (Å²) in [7, 11) is 1.31. The fourth-order valence-corrected chi connectivity index (χ4v) is 2.26. The van der Waals surface area contributed by atoms with Crippen LogP contribution in [0.4, 0.5) is 4.79 Å². The molecule has 0 aromatic carbocycles. The predicted octanol–water partition coefficient (Wildman–Crippen LogP) is 2.35. The summed E-state index contributed by atoms with van der Waals surface area (Å²) in [4.78, 5) is 25.5. The second kappa shape index (κ2) is 6.22. The van der Waals surface area contributed by atoms with E-state index in [4.69, 9.17) is 14.2 Å². The molecule has 0 spiro atoms. The van der Waals surface area contributed by atoms with E-state index >= 15 is 0 Å². The van der Waals surface area contributed by atoms with Crippen molar-refractivity contribution in [1.29, 1.82) is 0 Å². The summed E-state index contributed by atoms with van der Waals surface area (Å²) in [5, 5.41) is 0. The lowest BCUT2D eigenvalue weighted by Gasteiger charge is -2.27. The largest absolute Gasteiger partial charge is 0.467 e. The summed E-state index contributed by atoms with van der Waals surface area (Å²) in [5.41, 5.74) is -0.948. The van der Waals surface area contributed by atoms with Crippen molar-refractivity contribution in [1.82, 2.24) is 4.90 Å². The first-order chi connectivity index (χ1) is 9.43. The lowest BCUT2D eigenvalue weighted by Crippen LogP contribution is -2.44. The van der Waals surface area contributed by atoms with E-state index in [1.807, 2.05) is 20.8 Å². The Balaban J connectivity index is 2.83. The maximum Gasteiger partial charge on any atom is 0.411 e. The molecule has 6 heteroatoms. The van der Waals surface area contributed by atoms with Gasteiger partial charge in [0.1, 0.15) is 11.6 Å². The zero-order chi connectivity index (χ0) is 16.4. The molecule has 0 saturated carbocycles. The zero-order valence-electron chi connectivity index (χ0n) is 14.1. The van der Waals surface area contributed by atoms with E-state index in [0.29, 0.717) is 13.0 Å². The number of likely N-dealkylation sites (tertiary alicyclic amines) is 1. The van der Waals surface area contributed by atoms with Crippen LogP contribution >= 0.6 is 0 Å². The summed E-state index contributed by atoms with van der Waals surface area (Å²) in [6, 6.07) is -0.655. The van der Waals surface area contributed by atoms with Crippen LogP contribution in [-0.2, 0) is 19.0 Å². The minimum absolute atomic E-state index is 0.207. The average Bonchev–Trinajstić information content (AvgIpc) is 2.67.